The van der Waals surface area contributed by atoms with E-state index in [-0.39, 0.29) is 11.9 Å². The van der Waals surface area contributed by atoms with E-state index in [1.807, 2.05) is 19.1 Å². The van der Waals surface area contributed by atoms with Crippen molar-refractivity contribution < 1.29 is 4.79 Å². The second-order valence-electron chi connectivity index (χ2n) is 3.55. The van der Waals surface area contributed by atoms with E-state index >= 15 is 0 Å². The molecule has 2 N–H and O–H groups in total. The van der Waals surface area contributed by atoms with E-state index in [9.17, 15) is 4.79 Å². The molecule has 2 heterocycles. The van der Waals surface area contributed by atoms with Gasteiger partial charge in [0.15, 0.2) is 0 Å². The largest absolute Gasteiger partial charge is 0.309 e. The van der Waals surface area contributed by atoms with Crippen LogP contribution in [0.4, 0.5) is 5.82 Å². The summed E-state index contributed by atoms with van der Waals surface area (Å²) in [5.41, 5.74) is 0.940. The SMILES string of the molecule is Cc1nc(NC(=O)[C@H]2CCN2)ccc1I. The molecule has 1 aliphatic heterocycles. The molecule has 0 unspecified atom stereocenters. The lowest BCUT2D eigenvalue weighted by molar-refractivity contribution is -0.119. The van der Waals surface area contributed by atoms with Crippen LogP contribution in [0.15, 0.2) is 12.1 Å². The number of aryl methyl sites for hydroxylation is 1. The maximum Gasteiger partial charge on any atom is 0.242 e. The molecule has 15 heavy (non-hydrogen) atoms. The van der Waals surface area contributed by atoms with E-state index in [1.165, 1.54) is 0 Å². The lowest BCUT2D eigenvalue weighted by atomic mass is 10.1. The summed E-state index contributed by atoms with van der Waals surface area (Å²) in [7, 11) is 0. The minimum Gasteiger partial charge on any atom is -0.309 e. The second-order valence-corrected chi connectivity index (χ2v) is 4.71. The highest BCUT2D eigenvalue weighted by Crippen LogP contribution is 2.13. The molecule has 1 aromatic heterocycles. The first-order valence-electron chi connectivity index (χ1n) is 4.84. The van der Waals surface area contributed by atoms with Gasteiger partial charge in [-0.3, -0.25) is 4.79 Å². The van der Waals surface area contributed by atoms with Gasteiger partial charge in [-0.15, -0.1) is 0 Å². The Kier molecular flexibility index (Phi) is 3.20. The minimum atomic E-state index is -0.0358. The highest BCUT2D eigenvalue weighted by Gasteiger charge is 2.24. The molecule has 1 aromatic rings. The number of nitrogens with zero attached hydrogens (tertiary/aromatic N) is 1. The number of anilines is 1. The van der Waals surface area contributed by atoms with Gasteiger partial charge in [0.2, 0.25) is 5.91 Å². The molecule has 0 bridgehead atoms. The molecule has 80 valence electrons. The van der Waals surface area contributed by atoms with Gasteiger partial charge in [0.1, 0.15) is 5.82 Å². The number of halogens is 1. The number of carbonyl (C=O) groups excluding carboxylic acids is 1. The Morgan fingerprint density at radius 1 is 1.67 bits per heavy atom. The van der Waals surface area contributed by atoms with Crippen LogP contribution in [-0.2, 0) is 4.79 Å². The molecule has 0 aliphatic carbocycles. The molecular formula is C10H12IN3O. The fourth-order valence-electron chi connectivity index (χ4n) is 1.34. The van der Waals surface area contributed by atoms with Crippen LogP contribution in [0.1, 0.15) is 12.1 Å². The summed E-state index contributed by atoms with van der Waals surface area (Å²) < 4.78 is 1.10. The fourth-order valence-corrected chi connectivity index (χ4v) is 1.64. The topological polar surface area (TPSA) is 54.0 Å². The zero-order valence-electron chi connectivity index (χ0n) is 8.38. The summed E-state index contributed by atoms with van der Waals surface area (Å²) in [5, 5.41) is 5.85. The second kappa shape index (κ2) is 4.44. The van der Waals surface area contributed by atoms with Crippen molar-refractivity contribution >= 4 is 34.3 Å². The molecular weight excluding hydrogens is 305 g/mol. The summed E-state index contributed by atoms with van der Waals surface area (Å²) >= 11 is 2.22. The molecule has 1 fully saturated rings. The third-order valence-corrected chi connectivity index (χ3v) is 3.55. The van der Waals surface area contributed by atoms with Gasteiger partial charge in [-0.25, -0.2) is 4.98 Å². The Morgan fingerprint density at radius 2 is 2.40 bits per heavy atom. The Balaban J connectivity index is 2.03. The monoisotopic (exact) mass is 317 g/mol. The number of carbonyl (C=O) groups is 1. The van der Waals surface area contributed by atoms with Gasteiger partial charge in [-0.05, 0) is 54.6 Å². The lowest BCUT2D eigenvalue weighted by Crippen LogP contribution is -2.50. The normalized spacial score (nSPS) is 19.5. The first-order valence-corrected chi connectivity index (χ1v) is 5.92. The predicted molar refractivity (Wildman–Crippen MR) is 66.7 cm³/mol. The maximum atomic E-state index is 11.6. The standard InChI is InChI=1S/C10H12IN3O/c1-6-7(11)2-3-9(13-6)14-10(15)8-4-5-12-8/h2-3,8,12H,4-5H2,1H3,(H,13,14,15)/t8-/m1/s1. The summed E-state index contributed by atoms with van der Waals surface area (Å²) in [6, 6.07) is 3.74. The van der Waals surface area contributed by atoms with E-state index in [0.29, 0.717) is 5.82 Å². The summed E-state index contributed by atoms with van der Waals surface area (Å²) in [6.45, 7) is 2.86. The highest BCUT2D eigenvalue weighted by molar-refractivity contribution is 14.1. The number of hydrogen-bond donors (Lipinski definition) is 2. The third-order valence-electron chi connectivity index (χ3n) is 2.41. The van der Waals surface area contributed by atoms with Crippen molar-refractivity contribution in [2.75, 3.05) is 11.9 Å². The van der Waals surface area contributed by atoms with Gasteiger partial charge in [-0.1, -0.05) is 0 Å². The van der Waals surface area contributed by atoms with E-state index in [2.05, 4.69) is 38.2 Å². The van der Waals surface area contributed by atoms with Crippen molar-refractivity contribution in [3.8, 4) is 0 Å². The first kappa shape index (κ1) is 10.8. The van der Waals surface area contributed by atoms with Gasteiger partial charge in [0, 0.05) is 3.57 Å². The van der Waals surface area contributed by atoms with Crippen LogP contribution in [-0.4, -0.2) is 23.5 Å². The van der Waals surface area contributed by atoms with Gasteiger partial charge in [0.05, 0.1) is 11.7 Å². The number of rotatable bonds is 2. The zero-order valence-corrected chi connectivity index (χ0v) is 10.5. The number of nitrogens with one attached hydrogen (secondary N) is 2. The minimum absolute atomic E-state index is 0.00866. The summed E-state index contributed by atoms with van der Waals surface area (Å²) in [5.74, 6) is 0.640. The van der Waals surface area contributed by atoms with Crippen LogP contribution >= 0.6 is 22.6 Å². The molecule has 5 heteroatoms. The van der Waals surface area contributed by atoms with E-state index in [0.717, 1.165) is 22.2 Å². The molecule has 0 aromatic carbocycles. The summed E-state index contributed by atoms with van der Waals surface area (Å²) in [6.07, 6.45) is 0.912. The Hall–Kier alpha value is -0.690. The van der Waals surface area contributed by atoms with Crippen LogP contribution in [0.25, 0.3) is 0 Å². The number of amides is 1. The zero-order chi connectivity index (χ0) is 10.8. The van der Waals surface area contributed by atoms with Crippen LogP contribution in [0.2, 0.25) is 0 Å². The van der Waals surface area contributed by atoms with Crippen LogP contribution in [0, 0.1) is 10.5 Å². The van der Waals surface area contributed by atoms with E-state index in [4.69, 9.17) is 0 Å². The van der Waals surface area contributed by atoms with Crippen molar-refractivity contribution in [1.29, 1.82) is 0 Å². The van der Waals surface area contributed by atoms with Crippen molar-refractivity contribution in [2.24, 2.45) is 0 Å². The molecule has 1 atom stereocenters. The van der Waals surface area contributed by atoms with E-state index in [1.54, 1.807) is 0 Å². The van der Waals surface area contributed by atoms with Crippen molar-refractivity contribution in [3.05, 3.63) is 21.4 Å². The molecule has 1 amide bonds. The lowest BCUT2D eigenvalue weighted by Gasteiger charge is -2.26. The maximum absolute atomic E-state index is 11.6. The van der Waals surface area contributed by atoms with Gasteiger partial charge >= 0.3 is 0 Å². The Bertz CT molecular complexity index is 390. The third kappa shape index (κ3) is 2.46. The van der Waals surface area contributed by atoms with Crippen LogP contribution < -0.4 is 10.6 Å². The summed E-state index contributed by atoms with van der Waals surface area (Å²) in [4.78, 5) is 15.9. The van der Waals surface area contributed by atoms with E-state index < -0.39 is 0 Å². The first-order chi connectivity index (χ1) is 7.16. The smallest absolute Gasteiger partial charge is 0.242 e. The average molecular weight is 317 g/mol. The van der Waals surface area contributed by atoms with Gasteiger partial charge < -0.3 is 10.6 Å². The molecule has 1 saturated heterocycles. The fraction of sp³-hybridized carbons (Fsp3) is 0.400. The van der Waals surface area contributed by atoms with Crippen molar-refractivity contribution in [3.63, 3.8) is 0 Å². The quantitative estimate of drug-likeness (QED) is 0.809. The Labute approximate surface area is 102 Å². The van der Waals surface area contributed by atoms with Gasteiger partial charge in [-0.2, -0.15) is 0 Å². The van der Waals surface area contributed by atoms with Crippen LogP contribution in [0.3, 0.4) is 0 Å². The molecule has 4 nitrogen and oxygen atoms in total. The molecule has 1 aliphatic rings. The van der Waals surface area contributed by atoms with Crippen molar-refractivity contribution in [1.82, 2.24) is 10.3 Å². The van der Waals surface area contributed by atoms with Crippen molar-refractivity contribution in [2.45, 2.75) is 19.4 Å². The number of pyridine rings is 1. The number of hydrogen-bond acceptors (Lipinski definition) is 3. The molecule has 0 saturated carbocycles. The van der Waals surface area contributed by atoms with Gasteiger partial charge in [0.25, 0.3) is 0 Å². The number of aromatic nitrogens is 1. The molecule has 2 rings (SSSR count). The molecule has 0 spiro atoms. The molecule has 0 radical (unpaired) electrons. The average Bonchev–Trinajstić information content (AvgIpc) is 2.08. The van der Waals surface area contributed by atoms with Crippen LogP contribution in [0.5, 0.6) is 0 Å². The Morgan fingerprint density at radius 3 is 2.93 bits per heavy atom. The predicted octanol–water partition coefficient (Wildman–Crippen LogP) is 1.30. The highest BCUT2D eigenvalue weighted by atomic mass is 127.